The van der Waals surface area contributed by atoms with Crippen molar-refractivity contribution >= 4 is 5.97 Å². The normalized spacial score (nSPS) is 11.4. The Labute approximate surface area is 213 Å². The van der Waals surface area contributed by atoms with Crippen molar-refractivity contribution in [2.75, 3.05) is 139 Å². The zero-order chi connectivity index (χ0) is 26.2. The summed E-state index contributed by atoms with van der Waals surface area (Å²) in [5.41, 5.74) is 0. The number of hydrogen-bond donors (Lipinski definition) is 1. The molecule has 0 rings (SSSR count). The zero-order valence-electron chi connectivity index (χ0n) is 21.4. The number of carbonyl (C=O) groups is 1. The topological polar surface area (TPSA) is 130 Å². The average Bonchev–Trinajstić information content (AvgIpc) is 2.87. The molecule has 13 heteroatoms. The summed E-state index contributed by atoms with van der Waals surface area (Å²) in [7, 11) is 0. The average molecular weight is 533 g/mol. The van der Waals surface area contributed by atoms with Crippen molar-refractivity contribution in [1.29, 1.82) is 0 Å². The third kappa shape index (κ3) is 33.0. The van der Waals surface area contributed by atoms with E-state index in [2.05, 4.69) is 0 Å². The fourth-order valence-corrected chi connectivity index (χ4v) is 2.30. The van der Waals surface area contributed by atoms with Gasteiger partial charge < -0.3 is 52.5 Å². The Bertz CT molecular complexity index is 434. The highest BCUT2D eigenvalue weighted by Gasteiger charge is 1.97. The number of halogens is 1. The molecule has 0 aromatic heterocycles. The molecule has 0 aromatic rings. The lowest BCUT2D eigenvalue weighted by Gasteiger charge is -2.09. The fraction of sp³-hybridized carbons (Fsp3) is 0.957. The first kappa shape index (κ1) is 35.0. The van der Waals surface area contributed by atoms with Crippen molar-refractivity contribution < 1.29 is 61.7 Å². The third-order valence-corrected chi connectivity index (χ3v) is 4.03. The lowest BCUT2D eigenvalue weighted by Crippen LogP contribution is -2.15. The largest absolute Gasteiger partial charge is 0.481 e. The minimum absolute atomic E-state index is 0.00314. The van der Waals surface area contributed by atoms with E-state index < -0.39 is 12.6 Å². The van der Waals surface area contributed by atoms with Gasteiger partial charge in [-0.2, -0.15) is 0 Å². The quantitative estimate of drug-likeness (QED) is 0.122. The minimum Gasteiger partial charge on any atom is -0.481 e. The van der Waals surface area contributed by atoms with Gasteiger partial charge in [-0.25, -0.2) is 4.39 Å². The van der Waals surface area contributed by atoms with Crippen LogP contribution in [-0.2, 0) is 52.2 Å². The van der Waals surface area contributed by atoms with Crippen LogP contribution in [0.25, 0.3) is 0 Å². The maximum Gasteiger partial charge on any atom is 0.305 e. The van der Waals surface area contributed by atoms with E-state index in [0.29, 0.717) is 119 Å². The maximum atomic E-state index is 11.8. The van der Waals surface area contributed by atoms with Gasteiger partial charge in [0.1, 0.15) is 6.67 Å². The maximum absolute atomic E-state index is 11.8. The van der Waals surface area contributed by atoms with Crippen LogP contribution >= 0.6 is 0 Å². The number of ether oxygens (including phenoxy) is 10. The van der Waals surface area contributed by atoms with E-state index in [-0.39, 0.29) is 19.6 Å². The summed E-state index contributed by atoms with van der Waals surface area (Å²) >= 11 is 0. The Kier molecular flexibility index (Phi) is 31.1. The molecule has 0 saturated carbocycles. The SMILES string of the molecule is O=C(O)CCOCCOCCOCCOCCOCCOCCOCCOCCOCCOCCF. The molecular weight excluding hydrogens is 487 g/mol. The van der Waals surface area contributed by atoms with Gasteiger partial charge in [0.25, 0.3) is 0 Å². The van der Waals surface area contributed by atoms with Crippen LogP contribution < -0.4 is 0 Å². The molecule has 0 aliphatic heterocycles. The molecular formula is C23H45FO12. The van der Waals surface area contributed by atoms with Gasteiger partial charge in [-0.1, -0.05) is 0 Å². The van der Waals surface area contributed by atoms with E-state index in [1.807, 2.05) is 0 Å². The summed E-state index contributed by atoms with van der Waals surface area (Å²) in [4.78, 5) is 10.3. The number of carboxylic acids is 1. The van der Waals surface area contributed by atoms with Gasteiger partial charge in [-0.15, -0.1) is 0 Å². The van der Waals surface area contributed by atoms with E-state index in [1.54, 1.807) is 0 Å². The number of alkyl halides is 1. The van der Waals surface area contributed by atoms with E-state index in [0.717, 1.165) is 0 Å². The number of hydrogen-bond acceptors (Lipinski definition) is 11. The molecule has 0 aliphatic carbocycles. The summed E-state index contributed by atoms with van der Waals surface area (Å²) in [5.74, 6) is -0.876. The van der Waals surface area contributed by atoms with Crippen molar-refractivity contribution in [2.24, 2.45) is 0 Å². The Morgan fingerprint density at radius 3 is 0.778 bits per heavy atom. The van der Waals surface area contributed by atoms with Crippen LogP contribution in [0.2, 0.25) is 0 Å². The van der Waals surface area contributed by atoms with E-state index in [1.165, 1.54) is 0 Å². The molecule has 36 heavy (non-hydrogen) atoms. The molecule has 0 atom stereocenters. The zero-order valence-corrected chi connectivity index (χ0v) is 21.4. The second-order valence-corrected chi connectivity index (χ2v) is 6.96. The van der Waals surface area contributed by atoms with Gasteiger partial charge in [0, 0.05) is 0 Å². The number of rotatable bonds is 32. The molecule has 0 amide bonds. The van der Waals surface area contributed by atoms with Crippen LogP contribution in [0.1, 0.15) is 6.42 Å². The number of aliphatic carboxylic acids is 1. The summed E-state index contributed by atoms with van der Waals surface area (Å²) in [6.07, 6.45) is -0.00314. The van der Waals surface area contributed by atoms with Gasteiger partial charge >= 0.3 is 5.97 Å². The minimum atomic E-state index is -0.876. The molecule has 12 nitrogen and oxygen atoms in total. The molecule has 0 bridgehead atoms. The van der Waals surface area contributed by atoms with Crippen LogP contribution in [0.3, 0.4) is 0 Å². The molecule has 1 N–H and O–H groups in total. The van der Waals surface area contributed by atoms with Gasteiger partial charge in [0.15, 0.2) is 0 Å². The van der Waals surface area contributed by atoms with Crippen molar-refractivity contribution in [3.8, 4) is 0 Å². The molecule has 0 aromatic carbocycles. The Morgan fingerprint density at radius 1 is 0.389 bits per heavy atom. The van der Waals surface area contributed by atoms with Crippen LogP contribution in [0, 0.1) is 0 Å². The van der Waals surface area contributed by atoms with Crippen LogP contribution in [0.4, 0.5) is 4.39 Å². The van der Waals surface area contributed by atoms with Gasteiger partial charge in [0.05, 0.1) is 139 Å². The summed E-state index contributed by atoms with van der Waals surface area (Å²) in [5, 5.41) is 8.46. The van der Waals surface area contributed by atoms with Gasteiger partial charge in [-0.05, 0) is 0 Å². The monoisotopic (exact) mass is 532 g/mol. The first-order valence-electron chi connectivity index (χ1n) is 12.3. The molecule has 0 aliphatic rings. The van der Waals surface area contributed by atoms with Crippen LogP contribution in [0.15, 0.2) is 0 Å². The third-order valence-electron chi connectivity index (χ3n) is 4.03. The molecule has 216 valence electrons. The predicted molar refractivity (Wildman–Crippen MR) is 126 cm³/mol. The van der Waals surface area contributed by atoms with Crippen molar-refractivity contribution in [3.05, 3.63) is 0 Å². The highest BCUT2D eigenvalue weighted by Crippen LogP contribution is 1.87. The highest BCUT2D eigenvalue weighted by atomic mass is 19.1. The molecule has 0 saturated heterocycles. The van der Waals surface area contributed by atoms with E-state index in [9.17, 15) is 9.18 Å². The standard InChI is InChI=1S/C23H45FO12/c24-2-4-28-6-8-30-10-12-32-14-16-34-18-20-36-22-21-35-19-17-33-15-13-31-11-9-29-7-5-27-3-1-23(25)26/h1-22H2,(H,25,26). The summed E-state index contributed by atoms with van der Waals surface area (Å²) in [6.45, 7) is 8.07. The van der Waals surface area contributed by atoms with Crippen molar-refractivity contribution in [3.63, 3.8) is 0 Å². The van der Waals surface area contributed by atoms with E-state index in [4.69, 9.17) is 52.5 Å². The Morgan fingerprint density at radius 2 is 0.583 bits per heavy atom. The van der Waals surface area contributed by atoms with Gasteiger partial charge in [0.2, 0.25) is 0 Å². The smallest absolute Gasteiger partial charge is 0.305 e. The second-order valence-electron chi connectivity index (χ2n) is 6.96. The fourth-order valence-electron chi connectivity index (χ4n) is 2.30. The summed E-state index contributed by atoms with van der Waals surface area (Å²) in [6, 6.07) is 0. The first-order valence-corrected chi connectivity index (χ1v) is 12.3. The Hall–Kier alpha value is -1.00. The van der Waals surface area contributed by atoms with Crippen molar-refractivity contribution in [2.45, 2.75) is 6.42 Å². The lowest BCUT2D eigenvalue weighted by atomic mass is 10.5. The molecule has 0 fully saturated rings. The van der Waals surface area contributed by atoms with E-state index >= 15 is 0 Å². The van der Waals surface area contributed by atoms with Crippen LogP contribution in [0.5, 0.6) is 0 Å². The Balaban J connectivity index is 3.02. The van der Waals surface area contributed by atoms with Crippen molar-refractivity contribution in [1.82, 2.24) is 0 Å². The molecule has 0 unspecified atom stereocenters. The summed E-state index contributed by atoms with van der Waals surface area (Å²) < 4.78 is 64.7. The van der Waals surface area contributed by atoms with Crippen LogP contribution in [-0.4, -0.2) is 150 Å². The second kappa shape index (κ2) is 32.0. The lowest BCUT2D eigenvalue weighted by molar-refractivity contribution is -0.138. The number of carboxylic acid groups (broad SMARTS) is 1. The molecule has 0 radical (unpaired) electrons. The predicted octanol–water partition coefficient (Wildman–Crippen LogP) is 0.597. The molecule has 0 heterocycles. The first-order chi connectivity index (χ1) is 17.8. The van der Waals surface area contributed by atoms with Gasteiger partial charge in [-0.3, -0.25) is 4.79 Å². The highest BCUT2D eigenvalue weighted by molar-refractivity contribution is 5.66. The molecule has 0 spiro atoms.